The van der Waals surface area contributed by atoms with Crippen LogP contribution >= 0.6 is 11.3 Å². The lowest BCUT2D eigenvalue weighted by Gasteiger charge is -2.05. The molecule has 7 heteroatoms. The van der Waals surface area contributed by atoms with Gasteiger partial charge in [-0.3, -0.25) is 4.79 Å². The highest BCUT2D eigenvalue weighted by atomic mass is 32.2. The Balaban J connectivity index is 1.97. The van der Waals surface area contributed by atoms with Gasteiger partial charge in [0.05, 0.1) is 28.0 Å². The van der Waals surface area contributed by atoms with Gasteiger partial charge in [-0.1, -0.05) is 0 Å². The number of aryl methyl sites for hydroxylation is 1. The number of carbonyl (C=O) groups excluding carboxylic acids is 1. The van der Waals surface area contributed by atoms with Crippen molar-refractivity contribution < 1.29 is 13.2 Å². The van der Waals surface area contributed by atoms with Crippen LogP contribution in [0.4, 0.5) is 0 Å². The van der Waals surface area contributed by atoms with E-state index in [1.165, 1.54) is 4.88 Å². The number of hydrazone groups is 1. The minimum Gasteiger partial charge on any atom is -0.273 e. The van der Waals surface area contributed by atoms with Crippen LogP contribution in [0.1, 0.15) is 23.1 Å². The second-order valence-corrected chi connectivity index (χ2v) is 8.20. The summed E-state index contributed by atoms with van der Waals surface area (Å²) >= 11 is 1.60. The maximum Gasteiger partial charge on any atom is 0.244 e. The molecule has 0 unspecified atom stereocenters. The zero-order valence-corrected chi connectivity index (χ0v) is 12.5. The fraction of sp³-hybridized carbons (Fsp3) is 0.500. The van der Waals surface area contributed by atoms with Crippen molar-refractivity contribution in [3.05, 3.63) is 21.9 Å². The first-order chi connectivity index (χ1) is 8.87. The van der Waals surface area contributed by atoms with Gasteiger partial charge in [0.15, 0.2) is 9.84 Å². The zero-order chi connectivity index (χ0) is 14.0. The van der Waals surface area contributed by atoms with Crippen molar-refractivity contribution in [2.24, 2.45) is 11.0 Å². The molecule has 1 N–H and O–H groups in total. The molecule has 1 amide bonds. The van der Waals surface area contributed by atoms with Gasteiger partial charge in [0.2, 0.25) is 5.91 Å². The Morgan fingerprint density at radius 1 is 1.47 bits per heavy atom. The third kappa shape index (κ3) is 3.63. The molecule has 0 aromatic carbocycles. The van der Waals surface area contributed by atoms with E-state index in [4.69, 9.17) is 0 Å². The van der Waals surface area contributed by atoms with Crippen LogP contribution in [0.3, 0.4) is 0 Å². The highest BCUT2D eigenvalue weighted by Crippen LogP contribution is 2.19. The van der Waals surface area contributed by atoms with Gasteiger partial charge in [0.25, 0.3) is 0 Å². The number of carbonyl (C=O) groups is 1. The quantitative estimate of drug-likeness (QED) is 0.676. The van der Waals surface area contributed by atoms with Crippen LogP contribution in [0.15, 0.2) is 17.2 Å². The second kappa shape index (κ2) is 5.42. The molecule has 0 spiro atoms. The molecule has 0 bridgehead atoms. The zero-order valence-electron chi connectivity index (χ0n) is 10.8. The SMILES string of the molecule is C/C(=N/NC(=O)[C@H]1CCS(=O)(=O)C1)c1ccc(C)s1. The van der Waals surface area contributed by atoms with Gasteiger partial charge in [-0.2, -0.15) is 5.10 Å². The highest BCUT2D eigenvalue weighted by molar-refractivity contribution is 7.91. The van der Waals surface area contributed by atoms with E-state index in [1.54, 1.807) is 11.3 Å². The van der Waals surface area contributed by atoms with Crippen LogP contribution in [-0.2, 0) is 14.6 Å². The first-order valence-electron chi connectivity index (χ1n) is 5.99. The van der Waals surface area contributed by atoms with E-state index >= 15 is 0 Å². The predicted molar refractivity (Wildman–Crippen MR) is 76.2 cm³/mol. The van der Waals surface area contributed by atoms with Gasteiger partial charge < -0.3 is 0 Å². The summed E-state index contributed by atoms with van der Waals surface area (Å²) in [6.07, 6.45) is 0.390. The largest absolute Gasteiger partial charge is 0.273 e. The maximum atomic E-state index is 11.8. The fourth-order valence-electron chi connectivity index (χ4n) is 1.92. The van der Waals surface area contributed by atoms with Crippen molar-refractivity contribution in [3.8, 4) is 0 Å². The summed E-state index contributed by atoms with van der Waals surface area (Å²) in [4.78, 5) is 14.0. The topological polar surface area (TPSA) is 75.6 Å². The highest BCUT2D eigenvalue weighted by Gasteiger charge is 2.32. The van der Waals surface area contributed by atoms with Crippen LogP contribution in [0, 0.1) is 12.8 Å². The average Bonchev–Trinajstić information content (AvgIpc) is 2.91. The Morgan fingerprint density at radius 3 is 2.74 bits per heavy atom. The van der Waals surface area contributed by atoms with Crippen LogP contribution in [0.2, 0.25) is 0 Å². The number of hydrogen-bond donors (Lipinski definition) is 1. The Kier molecular flexibility index (Phi) is 4.05. The Morgan fingerprint density at radius 2 is 2.21 bits per heavy atom. The fourth-order valence-corrected chi connectivity index (χ4v) is 4.47. The van der Waals surface area contributed by atoms with Crippen molar-refractivity contribution >= 4 is 32.8 Å². The van der Waals surface area contributed by atoms with E-state index in [2.05, 4.69) is 10.5 Å². The standard InChI is InChI=1S/C12H16N2O3S2/c1-8-3-4-11(18-8)9(2)13-14-12(15)10-5-6-19(16,17)7-10/h3-4,10H,5-7H2,1-2H3,(H,14,15)/b13-9-/t10-/m0/s1. The van der Waals surface area contributed by atoms with Crippen molar-refractivity contribution in [3.63, 3.8) is 0 Å². The lowest BCUT2D eigenvalue weighted by atomic mass is 10.1. The van der Waals surface area contributed by atoms with Crippen molar-refractivity contribution in [2.45, 2.75) is 20.3 Å². The predicted octanol–water partition coefficient (Wildman–Crippen LogP) is 1.33. The van der Waals surface area contributed by atoms with Crippen LogP contribution in [-0.4, -0.2) is 31.5 Å². The maximum absolute atomic E-state index is 11.8. The number of nitrogens with one attached hydrogen (secondary N) is 1. The van der Waals surface area contributed by atoms with Crippen LogP contribution in [0.25, 0.3) is 0 Å². The number of sulfone groups is 1. The van der Waals surface area contributed by atoms with E-state index in [-0.39, 0.29) is 17.4 Å². The molecule has 0 radical (unpaired) electrons. The van der Waals surface area contributed by atoms with Crippen molar-refractivity contribution in [1.82, 2.24) is 5.43 Å². The monoisotopic (exact) mass is 300 g/mol. The third-order valence-electron chi connectivity index (χ3n) is 3.03. The average molecular weight is 300 g/mol. The molecule has 0 aliphatic carbocycles. The molecular weight excluding hydrogens is 284 g/mol. The van der Waals surface area contributed by atoms with Gasteiger partial charge >= 0.3 is 0 Å². The molecule has 1 aliphatic rings. The van der Waals surface area contributed by atoms with Crippen molar-refractivity contribution in [2.75, 3.05) is 11.5 Å². The van der Waals surface area contributed by atoms with Crippen LogP contribution in [0.5, 0.6) is 0 Å². The molecule has 1 atom stereocenters. The summed E-state index contributed by atoms with van der Waals surface area (Å²) in [5.74, 6) is -0.746. The molecule has 1 aromatic heterocycles. The third-order valence-corrected chi connectivity index (χ3v) is 5.91. The molecule has 2 rings (SSSR count). The van der Waals surface area contributed by atoms with E-state index in [0.717, 1.165) is 10.6 Å². The lowest BCUT2D eigenvalue weighted by Crippen LogP contribution is -2.28. The van der Waals surface area contributed by atoms with Gasteiger partial charge in [-0.25, -0.2) is 13.8 Å². The van der Waals surface area contributed by atoms with Crippen molar-refractivity contribution in [1.29, 1.82) is 0 Å². The number of amides is 1. The summed E-state index contributed by atoms with van der Waals surface area (Å²) in [7, 11) is -3.04. The summed E-state index contributed by atoms with van der Waals surface area (Å²) in [5.41, 5.74) is 3.19. The Bertz CT molecular complexity index is 617. The smallest absolute Gasteiger partial charge is 0.244 e. The van der Waals surface area contributed by atoms with Gasteiger partial charge in [0.1, 0.15) is 0 Å². The van der Waals surface area contributed by atoms with Gasteiger partial charge in [-0.15, -0.1) is 11.3 Å². The number of thiophene rings is 1. The Labute approximate surface area is 116 Å². The second-order valence-electron chi connectivity index (χ2n) is 4.68. The summed E-state index contributed by atoms with van der Waals surface area (Å²) in [5, 5.41) is 4.03. The summed E-state index contributed by atoms with van der Waals surface area (Å²) in [6.45, 7) is 3.82. The molecule has 1 fully saturated rings. The Hall–Kier alpha value is -1.21. The van der Waals surface area contributed by atoms with E-state index < -0.39 is 15.8 Å². The lowest BCUT2D eigenvalue weighted by molar-refractivity contribution is -0.124. The van der Waals surface area contributed by atoms with Crippen LogP contribution < -0.4 is 5.43 Å². The normalized spacial score (nSPS) is 22.4. The molecule has 5 nitrogen and oxygen atoms in total. The van der Waals surface area contributed by atoms with Gasteiger partial charge in [0, 0.05) is 4.88 Å². The minimum atomic E-state index is -3.04. The first kappa shape index (κ1) is 14.2. The number of hydrogen-bond acceptors (Lipinski definition) is 5. The molecule has 1 aromatic rings. The molecule has 1 aliphatic heterocycles. The van der Waals surface area contributed by atoms with E-state index in [1.807, 2.05) is 26.0 Å². The molecule has 19 heavy (non-hydrogen) atoms. The molecule has 0 saturated carbocycles. The molecular formula is C12H16N2O3S2. The molecule has 2 heterocycles. The summed E-state index contributed by atoms with van der Waals surface area (Å²) < 4.78 is 22.6. The number of rotatable bonds is 3. The minimum absolute atomic E-state index is 0.0640. The molecule has 104 valence electrons. The van der Waals surface area contributed by atoms with E-state index in [0.29, 0.717) is 6.42 Å². The first-order valence-corrected chi connectivity index (χ1v) is 8.62. The van der Waals surface area contributed by atoms with E-state index in [9.17, 15) is 13.2 Å². The van der Waals surface area contributed by atoms with Gasteiger partial charge in [-0.05, 0) is 32.4 Å². The number of nitrogens with zero attached hydrogens (tertiary/aromatic N) is 1. The summed E-state index contributed by atoms with van der Waals surface area (Å²) in [6, 6.07) is 3.94. The molecule has 1 saturated heterocycles.